The van der Waals surface area contributed by atoms with Crippen LogP contribution in [0.4, 0.5) is 0 Å². The van der Waals surface area contributed by atoms with Crippen molar-refractivity contribution in [1.82, 2.24) is 0 Å². The smallest absolute Gasteiger partial charge is 0.187 e. The third-order valence-corrected chi connectivity index (χ3v) is 2.65. The van der Waals surface area contributed by atoms with E-state index in [0.717, 1.165) is 0 Å². The van der Waals surface area contributed by atoms with E-state index in [0.29, 0.717) is 16.9 Å². The van der Waals surface area contributed by atoms with Gasteiger partial charge in [-0.15, -0.1) is 0 Å². The summed E-state index contributed by atoms with van der Waals surface area (Å²) in [6.45, 7) is 0. The first-order chi connectivity index (χ1) is 8.76. The number of Topliss-reactive ketones (excluding diaryl/α,β-unsaturated/α-hetero) is 1. The average Bonchev–Trinajstić information content (AvgIpc) is 2.94. The van der Waals surface area contributed by atoms with Crippen LogP contribution in [0.25, 0.3) is 0 Å². The third kappa shape index (κ3) is 2.25. The molecular formula is C14H11NO3. The van der Waals surface area contributed by atoms with E-state index in [-0.39, 0.29) is 5.78 Å². The van der Waals surface area contributed by atoms with Crippen molar-refractivity contribution in [2.45, 2.75) is 5.92 Å². The predicted molar refractivity (Wildman–Crippen MR) is 64.4 cm³/mol. The Morgan fingerprint density at radius 1 is 1.33 bits per heavy atom. The Morgan fingerprint density at radius 3 is 2.56 bits per heavy atom. The normalized spacial score (nSPS) is 11.6. The molecule has 0 aliphatic carbocycles. The Bertz CT molecular complexity index is 564. The second kappa shape index (κ2) is 5.19. The van der Waals surface area contributed by atoms with Gasteiger partial charge >= 0.3 is 0 Å². The highest BCUT2D eigenvalue weighted by Crippen LogP contribution is 2.23. The Labute approximate surface area is 104 Å². The number of methoxy groups -OCH3 is 1. The Morgan fingerprint density at radius 2 is 2.06 bits per heavy atom. The molecule has 0 bridgehead atoms. The number of hydrogen-bond donors (Lipinski definition) is 0. The highest BCUT2D eigenvalue weighted by atomic mass is 16.5. The van der Waals surface area contributed by atoms with Crippen molar-refractivity contribution < 1.29 is 13.9 Å². The molecule has 1 aromatic heterocycles. The summed E-state index contributed by atoms with van der Waals surface area (Å²) in [4.78, 5) is 12.1. The summed E-state index contributed by atoms with van der Waals surface area (Å²) >= 11 is 0. The minimum absolute atomic E-state index is 0.267. The molecule has 0 saturated carbocycles. The molecule has 2 aromatic rings. The van der Waals surface area contributed by atoms with Crippen molar-refractivity contribution in [2.24, 2.45) is 0 Å². The van der Waals surface area contributed by atoms with Crippen LogP contribution in [0, 0.1) is 11.3 Å². The molecule has 0 spiro atoms. The fourth-order valence-electron chi connectivity index (χ4n) is 1.65. The van der Waals surface area contributed by atoms with Gasteiger partial charge in [0.1, 0.15) is 17.9 Å². The summed E-state index contributed by atoms with van der Waals surface area (Å²) in [5.74, 6) is -0.406. The second-order valence-corrected chi connectivity index (χ2v) is 3.71. The first kappa shape index (κ1) is 11.9. The molecule has 0 N–H and O–H groups in total. The van der Waals surface area contributed by atoms with Crippen LogP contribution in [0.3, 0.4) is 0 Å². The minimum atomic E-state index is -0.825. The molecule has 1 unspecified atom stereocenters. The van der Waals surface area contributed by atoms with E-state index >= 15 is 0 Å². The third-order valence-electron chi connectivity index (χ3n) is 2.65. The van der Waals surface area contributed by atoms with E-state index in [4.69, 9.17) is 14.4 Å². The fourth-order valence-corrected chi connectivity index (χ4v) is 1.65. The molecule has 1 atom stereocenters. The minimum Gasteiger partial charge on any atom is -0.497 e. The second-order valence-electron chi connectivity index (χ2n) is 3.71. The number of carbonyl (C=O) groups is 1. The lowest BCUT2D eigenvalue weighted by Gasteiger charge is -2.07. The lowest BCUT2D eigenvalue weighted by atomic mass is 9.93. The van der Waals surface area contributed by atoms with Gasteiger partial charge in [-0.25, -0.2) is 0 Å². The van der Waals surface area contributed by atoms with Crippen LogP contribution < -0.4 is 4.74 Å². The first-order valence-electron chi connectivity index (χ1n) is 5.36. The molecule has 18 heavy (non-hydrogen) atoms. The van der Waals surface area contributed by atoms with Crippen molar-refractivity contribution in [3.05, 3.63) is 54.0 Å². The maximum absolute atomic E-state index is 12.1. The molecule has 1 aromatic carbocycles. The van der Waals surface area contributed by atoms with E-state index in [2.05, 4.69) is 0 Å². The Kier molecular flexibility index (Phi) is 3.44. The van der Waals surface area contributed by atoms with Gasteiger partial charge in [0.25, 0.3) is 0 Å². The highest BCUT2D eigenvalue weighted by Gasteiger charge is 2.22. The summed E-state index contributed by atoms with van der Waals surface area (Å²) in [6.07, 6.45) is 2.76. The lowest BCUT2D eigenvalue weighted by molar-refractivity contribution is 0.0978. The number of nitrogens with zero attached hydrogens (tertiary/aromatic N) is 1. The summed E-state index contributed by atoms with van der Waals surface area (Å²) in [5, 5.41) is 9.14. The van der Waals surface area contributed by atoms with Crippen LogP contribution in [-0.4, -0.2) is 12.9 Å². The van der Waals surface area contributed by atoms with Gasteiger partial charge in [0, 0.05) is 0 Å². The van der Waals surface area contributed by atoms with Crippen LogP contribution in [0.2, 0.25) is 0 Å². The van der Waals surface area contributed by atoms with E-state index in [1.807, 2.05) is 6.07 Å². The van der Waals surface area contributed by atoms with Crippen LogP contribution in [0.1, 0.15) is 21.8 Å². The van der Waals surface area contributed by atoms with E-state index in [9.17, 15) is 4.79 Å². The molecule has 0 saturated heterocycles. The van der Waals surface area contributed by atoms with E-state index in [1.54, 1.807) is 37.4 Å². The van der Waals surface area contributed by atoms with Crippen molar-refractivity contribution in [3.63, 3.8) is 0 Å². The molecule has 90 valence electrons. The number of benzene rings is 1. The summed E-state index contributed by atoms with van der Waals surface area (Å²) in [7, 11) is 1.56. The molecule has 0 amide bonds. The number of ether oxygens (including phenoxy) is 1. The van der Waals surface area contributed by atoms with E-state index in [1.165, 1.54) is 12.5 Å². The zero-order valence-electron chi connectivity index (χ0n) is 9.79. The molecular weight excluding hydrogens is 230 g/mol. The summed E-state index contributed by atoms with van der Waals surface area (Å²) in [5.41, 5.74) is 1.04. The zero-order valence-corrected chi connectivity index (χ0v) is 9.79. The number of carbonyl (C=O) groups excluding carboxylic acids is 1. The van der Waals surface area contributed by atoms with Gasteiger partial charge in [-0.3, -0.25) is 4.79 Å². The average molecular weight is 241 g/mol. The number of rotatable bonds is 4. The highest BCUT2D eigenvalue weighted by molar-refractivity contribution is 6.02. The molecule has 0 fully saturated rings. The van der Waals surface area contributed by atoms with Crippen molar-refractivity contribution in [2.75, 3.05) is 7.11 Å². The van der Waals surface area contributed by atoms with Crippen LogP contribution in [0.5, 0.6) is 5.75 Å². The lowest BCUT2D eigenvalue weighted by Crippen LogP contribution is -2.10. The van der Waals surface area contributed by atoms with Gasteiger partial charge in [0.15, 0.2) is 5.78 Å². The summed E-state index contributed by atoms with van der Waals surface area (Å²) in [6, 6.07) is 10.4. The fraction of sp³-hybridized carbons (Fsp3) is 0.143. The Hall–Kier alpha value is -2.54. The molecule has 4 nitrogen and oxygen atoms in total. The van der Waals surface area contributed by atoms with Crippen molar-refractivity contribution in [1.29, 1.82) is 5.26 Å². The molecule has 0 aliphatic heterocycles. The molecule has 0 radical (unpaired) electrons. The number of nitriles is 1. The monoisotopic (exact) mass is 241 g/mol. The van der Waals surface area contributed by atoms with E-state index < -0.39 is 5.92 Å². The van der Waals surface area contributed by atoms with Crippen LogP contribution in [-0.2, 0) is 0 Å². The van der Waals surface area contributed by atoms with Gasteiger partial charge in [-0.1, -0.05) is 12.1 Å². The van der Waals surface area contributed by atoms with Gasteiger partial charge in [-0.05, 0) is 23.8 Å². The van der Waals surface area contributed by atoms with Gasteiger partial charge < -0.3 is 9.15 Å². The van der Waals surface area contributed by atoms with Crippen molar-refractivity contribution >= 4 is 5.78 Å². The van der Waals surface area contributed by atoms with Crippen LogP contribution >= 0.6 is 0 Å². The number of hydrogen-bond acceptors (Lipinski definition) is 4. The number of furan rings is 1. The molecule has 4 heteroatoms. The predicted octanol–water partition coefficient (Wildman–Crippen LogP) is 2.78. The first-order valence-corrected chi connectivity index (χ1v) is 5.36. The topological polar surface area (TPSA) is 63.2 Å². The van der Waals surface area contributed by atoms with Crippen molar-refractivity contribution in [3.8, 4) is 11.8 Å². The van der Waals surface area contributed by atoms with Crippen LogP contribution in [0.15, 0.2) is 47.3 Å². The standard InChI is InChI=1S/C14H11NO3/c1-17-12-4-2-10(3-5-12)13(8-15)14(16)11-6-7-18-9-11/h2-7,9,13H,1H3. The molecule has 0 aliphatic rings. The summed E-state index contributed by atoms with van der Waals surface area (Å²) < 4.78 is 9.88. The maximum Gasteiger partial charge on any atom is 0.187 e. The van der Waals surface area contributed by atoms with Gasteiger partial charge in [-0.2, -0.15) is 5.26 Å². The largest absolute Gasteiger partial charge is 0.497 e. The van der Waals surface area contributed by atoms with Gasteiger partial charge in [0.2, 0.25) is 0 Å². The number of ketones is 1. The zero-order chi connectivity index (χ0) is 13.0. The molecule has 1 heterocycles. The molecule has 2 rings (SSSR count). The maximum atomic E-state index is 12.1. The van der Waals surface area contributed by atoms with Gasteiger partial charge in [0.05, 0.1) is 25.0 Å². The quantitative estimate of drug-likeness (QED) is 0.772. The Balaban J connectivity index is 2.28. The SMILES string of the molecule is COc1ccc(C(C#N)C(=O)c2ccoc2)cc1.